The van der Waals surface area contributed by atoms with Crippen molar-refractivity contribution in [2.75, 3.05) is 13.1 Å². The van der Waals surface area contributed by atoms with Gasteiger partial charge in [-0.1, -0.05) is 29.3 Å². The van der Waals surface area contributed by atoms with Crippen molar-refractivity contribution < 1.29 is 31.6 Å². The molecule has 0 aromatic heterocycles. The van der Waals surface area contributed by atoms with Gasteiger partial charge >= 0.3 is 0 Å². The molecule has 0 spiro atoms. The van der Waals surface area contributed by atoms with Crippen molar-refractivity contribution in [2.45, 2.75) is 62.3 Å². The largest absolute Gasteiger partial charge is 0.343 e. The van der Waals surface area contributed by atoms with Gasteiger partial charge in [-0.15, -0.1) is 0 Å². The highest BCUT2D eigenvalue weighted by Crippen LogP contribution is 2.36. The topological polar surface area (TPSA) is 107 Å². The number of hydrogen-bond acceptors (Lipinski definition) is 5. The monoisotopic (exact) mass is 628 g/mol. The molecule has 3 amide bonds. The van der Waals surface area contributed by atoms with Crippen LogP contribution in [0.3, 0.4) is 0 Å². The van der Waals surface area contributed by atoms with E-state index in [0.29, 0.717) is 12.8 Å². The summed E-state index contributed by atoms with van der Waals surface area (Å²) in [6.07, 6.45) is -0.0615. The number of amides is 3. The van der Waals surface area contributed by atoms with Crippen LogP contribution in [0.4, 0.5) is 8.78 Å². The Hall–Kier alpha value is -2.80. The number of carbonyl (C=O) groups is 3. The summed E-state index contributed by atoms with van der Waals surface area (Å²) in [6, 6.07) is 4.16. The van der Waals surface area contributed by atoms with Crippen LogP contribution in [0.25, 0.3) is 0 Å². The molecule has 2 aliphatic heterocycles. The molecule has 1 N–H and O–H groups in total. The first-order valence-electron chi connectivity index (χ1n) is 13.1. The number of fused-ring (bicyclic) bond motifs is 1. The molecule has 0 bridgehead atoms. The van der Waals surface area contributed by atoms with E-state index in [1.165, 1.54) is 29.2 Å². The molecule has 3 fully saturated rings. The fraction of sp³-hybridized carbons (Fsp3) is 0.444. The predicted molar refractivity (Wildman–Crippen MR) is 146 cm³/mol. The van der Waals surface area contributed by atoms with Crippen molar-refractivity contribution >= 4 is 50.9 Å². The van der Waals surface area contributed by atoms with E-state index >= 15 is 0 Å². The second-order valence-electron chi connectivity index (χ2n) is 10.8. The summed E-state index contributed by atoms with van der Waals surface area (Å²) in [5.74, 6) is -3.96. The van der Waals surface area contributed by atoms with Gasteiger partial charge in [-0.25, -0.2) is 17.2 Å². The van der Waals surface area contributed by atoms with Crippen LogP contribution in [0.1, 0.15) is 32.3 Å². The van der Waals surface area contributed by atoms with Gasteiger partial charge in [0.1, 0.15) is 23.1 Å². The van der Waals surface area contributed by atoms with E-state index in [2.05, 4.69) is 5.32 Å². The number of hydrogen-bond donors (Lipinski definition) is 1. The Bertz CT molecular complexity index is 1520. The SMILES string of the molecule is CC(C)N1CC2N(C(=O)C(NC(=O)C3CC3)CN2S(=O)(=O)c2ccc(Cl)cc2Cl)C(Cc2ccc(F)c(F)c2)C1=O. The summed E-state index contributed by atoms with van der Waals surface area (Å²) in [5, 5.41) is 2.75. The average Bonchev–Trinajstić information content (AvgIpc) is 3.74. The molecule has 2 aromatic carbocycles. The van der Waals surface area contributed by atoms with Crippen LogP contribution in [-0.2, 0) is 30.8 Å². The van der Waals surface area contributed by atoms with Crippen LogP contribution in [0.5, 0.6) is 0 Å². The molecule has 3 unspecified atom stereocenters. The molecule has 1 saturated carbocycles. The standard InChI is InChI=1S/C27H28Cl2F2N4O5S/c1-14(2)33-13-24-34(41(39,40)23-8-6-17(28)11-18(23)29)12-21(32-25(36)16-4-5-16)26(37)35(24)22(27(33)38)10-15-3-7-19(30)20(31)9-15/h3,6-9,11,14,16,21-22,24H,4-5,10,12-13H2,1-2H3,(H,32,36). The number of carbonyl (C=O) groups excluding carboxylic acids is 3. The number of nitrogens with zero attached hydrogens (tertiary/aromatic N) is 3. The van der Waals surface area contributed by atoms with Crippen molar-refractivity contribution in [1.29, 1.82) is 0 Å². The third-order valence-corrected chi connectivity index (χ3v) is 10.2. The maximum Gasteiger partial charge on any atom is 0.248 e. The number of benzene rings is 2. The Balaban J connectivity index is 1.61. The molecule has 0 radical (unpaired) electrons. The van der Waals surface area contributed by atoms with Crippen LogP contribution in [0.2, 0.25) is 10.0 Å². The highest BCUT2D eigenvalue weighted by atomic mass is 35.5. The molecule has 3 aliphatic rings. The maximum atomic E-state index is 14.1. The Morgan fingerprint density at radius 2 is 1.73 bits per heavy atom. The van der Waals surface area contributed by atoms with E-state index < -0.39 is 58.3 Å². The highest BCUT2D eigenvalue weighted by Gasteiger charge is 2.54. The van der Waals surface area contributed by atoms with E-state index in [1.54, 1.807) is 13.8 Å². The Morgan fingerprint density at radius 3 is 2.34 bits per heavy atom. The van der Waals surface area contributed by atoms with Crippen molar-refractivity contribution in [3.8, 4) is 0 Å². The number of rotatable bonds is 7. The Kier molecular flexibility index (Phi) is 8.05. The molecule has 2 heterocycles. The summed E-state index contributed by atoms with van der Waals surface area (Å²) >= 11 is 12.3. The van der Waals surface area contributed by atoms with Crippen LogP contribution in [0.15, 0.2) is 41.3 Å². The normalized spacial score (nSPS) is 23.6. The summed E-state index contributed by atoms with van der Waals surface area (Å²) in [5.41, 5.74) is 0.235. The molecular formula is C27H28Cl2F2N4O5S. The third-order valence-electron chi connectivity index (χ3n) is 7.61. The fourth-order valence-corrected chi connectivity index (χ4v) is 7.65. The number of halogens is 4. The van der Waals surface area contributed by atoms with Gasteiger partial charge in [0.25, 0.3) is 0 Å². The van der Waals surface area contributed by atoms with Crippen LogP contribution < -0.4 is 5.32 Å². The first-order chi connectivity index (χ1) is 19.3. The minimum absolute atomic E-state index is 0.134. The van der Waals surface area contributed by atoms with E-state index in [9.17, 15) is 31.6 Å². The smallest absolute Gasteiger partial charge is 0.248 e. The average molecular weight is 630 g/mol. The van der Waals surface area contributed by atoms with Gasteiger partial charge in [-0.3, -0.25) is 14.4 Å². The summed E-state index contributed by atoms with van der Waals surface area (Å²) in [6.45, 7) is 2.96. The van der Waals surface area contributed by atoms with E-state index in [1.807, 2.05) is 0 Å². The first kappa shape index (κ1) is 29.7. The van der Waals surface area contributed by atoms with Crippen LogP contribution in [-0.4, -0.2) is 77.6 Å². The van der Waals surface area contributed by atoms with Crippen molar-refractivity contribution in [1.82, 2.24) is 19.4 Å². The van der Waals surface area contributed by atoms with Gasteiger partial charge in [0.15, 0.2) is 11.6 Å². The third kappa shape index (κ3) is 5.67. The lowest BCUT2D eigenvalue weighted by molar-refractivity contribution is -0.169. The van der Waals surface area contributed by atoms with E-state index in [4.69, 9.17) is 23.2 Å². The molecule has 1 aliphatic carbocycles. The minimum atomic E-state index is -4.40. The molecule has 41 heavy (non-hydrogen) atoms. The Labute approximate surface area is 246 Å². The quantitative estimate of drug-likeness (QED) is 0.507. The summed E-state index contributed by atoms with van der Waals surface area (Å²) in [7, 11) is -4.40. The van der Waals surface area contributed by atoms with Gasteiger partial charge in [0.2, 0.25) is 27.7 Å². The van der Waals surface area contributed by atoms with E-state index in [-0.39, 0.29) is 51.3 Å². The van der Waals surface area contributed by atoms with Gasteiger partial charge < -0.3 is 15.1 Å². The second-order valence-corrected chi connectivity index (χ2v) is 13.5. The molecule has 220 valence electrons. The van der Waals surface area contributed by atoms with Crippen LogP contribution >= 0.6 is 23.2 Å². The van der Waals surface area contributed by atoms with E-state index in [0.717, 1.165) is 21.3 Å². The number of piperazine rings is 1. The van der Waals surface area contributed by atoms with Gasteiger partial charge in [0, 0.05) is 29.9 Å². The van der Waals surface area contributed by atoms with Gasteiger partial charge in [-0.2, -0.15) is 4.31 Å². The molecule has 2 aromatic rings. The molecular weight excluding hydrogens is 601 g/mol. The molecule has 2 saturated heterocycles. The molecule has 14 heteroatoms. The lowest BCUT2D eigenvalue weighted by Gasteiger charge is -2.54. The van der Waals surface area contributed by atoms with Crippen molar-refractivity contribution in [2.24, 2.45) is 5.92 Å². The molecule has 9 nitrogen and oxygen atoms in total. The molecule has 3 atom stereocenters. The Morgan fingerprint density at radius 1 is 1.02 bits per heavy atom. The zero-order valence-electron chi connectivity index (χ0n) is 22.2. The summed E-state index contributed by atoms with van der Waals surface area (Å²) in [4.78, 5) is 42.8. The van der Waals surface area contributed by atoms with Crippen molar-refractivity contribution in [3.63, 3.8) is 0 Å². The van der Waals surface area contributed by atoms with Gasteiger partial charge in [-0.05, 0) is 62.6 Å². The number of sulfonamides is 1. The second kappa shape index (κ2) is 11.1. The minimum Gasteiger partial charge on any atom is -0.343 e. The highest BCUT2D eigenvalue weighted by molar-refractivity contribution is 7.89. The zero-order chi connectivity index (χ0) is 29.8. The zero-order valence-corrected chi connectivity index (χ0v) is 24.5. The lowest BCUT2D eigenvalue weighted by atomic mass is 9.96. The number of nitrogens with one attached hydrogen (secondary N) is 1. The van der Waals surface area contributed by atoms with Crippen LogP contribution in [0, 0.1) is 17.6 Å². The maximum absolute atomic E-state index is 14.1. The van der Waals surface area contributed by atoms with Gasteiger partial charge in [0.05, 0.1) is 11.6 Å². The lowest BCUT2D eigenvalue weighted by Crippen LogP contribution is -2.76. The first-order valence-corrected chi connectivity index (χ1v) is 15.3. The summed E-state index contributed by atoms with van der Waals surface area (Å²) < 4.78 is 57.1. The predicted octanol–water partition coefficient (Wildman–Crippen LogP) is 3.19. The molecule has 5 rings (SSSR count). The fourth-order valence-electron chi connectivity index (χ4n) is 5.31. The van der Waals surface area contributed by atoms with Crippen molar-refractivity contribution in [3.05, 3.63) is 63.6 Å².